The van der Waals surface area contributed by atoms with Gasteiger partial charge in [0.15, 0.2) is 0 Å². The standard InChI is InChI=1S/C30H50N6O5S2/c1-9-22(11-12-23(10-2)34-30(39)41-16-25-13-31-18-43-25)32-27(37)26(21(7)40-15-19(3)4)35-29(38)36(8)14-24-17-42-28(33-24)20(5)6/h13,17-23,26H,9-12,14-16H2,1-8H3,(H,32,37)(H,34,39)(H,35,38). The van der Waals surface area contributed by atoms with Crippen LogP contribution in [0.5, 0.6) is 0 Å². The van der Waals surface area contributed by atoms with Gasteiger partial charge in [0.05, 0.1) is 33.7 Å². The lowest BCUT2D eigenvalue weighted by molar-refractivity contribution is -0.127. The lowest BCUT2D eigenvalue weighted by atomic mass is 10.0. The van der Waals surface area contributed by atoms with E-state index < -0.39 is 18.2 Å². The first-order valence-electron chi connectivity index (χ1n) is 15.1. The van der Waals surface area contributed by atoms with Crippen molar-refractivity contribution in [2.24, 2.45) is 5.92 Å². The van der Waals surface area contributed by atoms with Gasteiger partial charge in [-0.3, -0.25) is 9.78 Å². The van der Waals surface area contributed by atoms with Crippen molar-refractivity contribution in [1.29, 1.82) is 0 Å². The topological polar surface area (TPSA) is 135 Å². The SMILES string of the molecule is CCC(CCC(CC)NC(=O)C(NC(=O)N(C)Cc1csc(C(C)C)n1)C(C)OCC(C)C)NC(=O)OCc1cncs1. The lowest BCUT2D eigenvalue weighted by Crippen LogP contribution is -2.57. The minimum Gasteiger partial charge on any atom is -0.444 e. The third-order valence-corrected chi connectivity index (χ3v) is 8.83. The van der Waals surface area contributed by atoms with Crippen molar-refractivity contribution in [1.82, 2.24) is 30.8 Å². The maximum Gasteiger partial charge on any atom is 0.407 e. The van der Waals surface area contributed by atoms with Crippen molar-refractivity contribution < 1.29 is 23.9 Å². The minimum absolute atomic E-state index is 0.0979. The molecule has 0 saturated carbocycles. The zero-order valence-electron chi connectivity index (χ0n) is 26.8. The second kappa shape index (κ2) is 18.8. The average molecular weight is 639 g/mol. The molecule has 2 aromatic rings. The highest BCUT2D eigenvalue weighted by Gasteiger charge is 2.30. The Labute approximate surface area is 264 Å². The number of rotatable bonds is 18. The van der Waals surface area contributed by atoms with E-state index in [1.54, 1.807) is 37.0 Å². The molecule has 0 fully saturated rings. The predicted molar refractivity (Wildman–Crippen MR) is 171 cm³/mol. The molecule has 0 aliphatic rings. The third kappa shape index (κ3) is 13.2. The first-order chi connectivity index (χ1) is 20.4. The fraction of sp³-hybridized carbons (Fsp3) is 0.700. The summed E-state index contributed by atoms with van der Waals surface area (Å²) in [6, 6.07) is -1.50. The van der Waals surface area contributed by atoms with Gasteiger partial charge < -0.3 is 30.3 Å². The van der Waals surface area contributed by atoms with E-state index in [0.717, 1.165) is 22.0 Å². The maximum atomic E-state index is 13.6. The van der Waals surface area contributed by atoms with Gasteiger partial charge in [-0.1, -0.05) is 41.5 Å². The molecule has 4 amide bonds. The van der Waals surface area contributed by atoms with Crippen LogP contribution >= 0.6 is 22.7 Å². The Kier molecular flexibility index (Phi) is 15.9. The van der Waals surface area contributed by atoms with E-state index in [4.69, 9.17) is 9.47 Å². The largest absolute Gasteiger partial charge is 0.444 e. The second-order valence-corrected chi connectivity index (χ2v) is 13.4. The number of urea groups is 1. The molecule has 0 aromatic carbocycles. The molecule has 2 rings (SSSR count). The molecular weight excluding hydrogens is 589 g/mol. The molecule has 0 radical (unpaired) electrons. The first kappa shape index (κ1) is 36.4. The summed E-state index contributed by atoms with van der Waals surface area (Å²) in [4.78, 5) is 50.0. The van der Waals surface area contributed by atoms with E-state index in [0.29, 0.717) is 38.3 Å². The Bertz CT molecular complexity index is 1110. The fourth-order valence-corrected chi connectivity index (χ4v) is 5.50. The Hall–Kier alpha value is -2.77. The molecule has 3 N–H and O–H groups in total. The van der Waals surface area contributed by atoms with Crippen LogP contribution < -0.4 is 16.0 Å². The summed E-state index contributed by atoms with van der Waals surface area (Å²) in [6.07, 6.45) is 3.40. The van der Waals surface area contributed by atoms with Crippen LogP contribution in [0, 0.1) is 5.92 Å². The van der Waals surface area contributed by atoms with E-state index in [1.807, 2.05) is 33.1 Å². The monoisotopic (exact) mass is 638 g/mol. The molecule has 2 aromatic heterocycles. The molecule has 0 bridgehead atoms. The normalized spacial score (nSPS) is 14.2. The van der Waals surface area contributed by atoms with Crippen LogP contribution in [0.2, 0.25) is 0 Å². The molecule has 242 valence electrons. The van der Waals surface area contributed by atoms with Gasteiger partial charge in [-0.15, -0.1) is 22.7 Å². The van der Waals surface area contributed by atoms with Crippen molar-refractivity contribution in [2.45, 2.75) is 117 Å². The quantitative estimate of drug-likeness (QED) is 0.191. The van der Waals surface area contributed by atoms with Crippen LogP contribution in [0.15, 0.2) is 17.1 Å². The van der Waals surface area contributed by atoms with Crippen LogP contribution in [-0.2, 0) is 27.4 Å². The molecule has 0 saturated heterocycles. The van der Waals surface area contributed by atoms with E-state index in [-0.39, 0.29) is 36.5 Å². The van der Waals surface area contributed by atoms with E-state index in [1.165, 1.54) is 16.2 Å². The van der Waals surface area contributed by atoms with Crippen molar-refractivity contribution in [3.63, 3.8) is 0 Å². The van der Waals surface area contributed by atoms with Crippen LogP contribution in [0.1, 0.15) is 95.6 Å². The van der Waals surface area contributed by atoms with Crippen LogP contribution in [-0.4, -0.2) is 70.8 Å². The summed E-state index contributed by atoms with van der Waals surface area (Å²) in [5.74, 6) is 0.299. The number of carbonyl (C=O) groups is 3. The number of thiazole rings is 2. The summed E-state index contributed by atoms with van der Waals surface area (Å²) >= 11 is 3.01. The number of alkyl carbamates (subject to hydrolysis) is 1. The van der Waals surface area contributed by atoms with Crippen LogP contribution in [0.3, 0.4) is 0 Å². The van der Waals surface area contributed by atoms with Gasteiger partial charge in [0, 0.05) is 43.2 Å². The second-order valence-electron chi connectivity index (χ2n) is 11.5. The van der Waals surface area contributed by atoms with Gasteiger partial charge in [0.1, 0.15) is 12.6 Å². The lowest BCUT2D eigenvalue weighted by Gasteiger charge is -2.29. The van der Waals surface area contributed by atoms with E-state index in [9.17, 15) is 14.4 Å². The molecule has 0 aliphatic heterocycles. The molecular formula is C30H50N6O5S2. The Morgan fingerprint density at radius 1 is 0.977 bits per heavy atom. The van der Waals surface area contributed by atoms with Crippen LogP contribution in [0.4, 0.5) is 9.59 Å². The summed E-state index contributed by atoms with van der Waals surface area (Å²) in [6.45, 7) is 15.0. The maximum absolute atomic E-state index is 13.6. The highest BCUT2D eigenvalue weighted by molar-refractivity contribution is 7.09. The smallest absolute Gasteiger partial charge is 0.407 e. The summed E-state index contributed by atoms with van der Waals surface area (Å²) in [7, 11) is 1.69. The Morgan fingerprint density at radius 2 is 1.65 bits per heavy atom. The van der Waals surface area contributed by atoms with Gasteiger partial charge in [-0.25, -0.2) is 14.6 Å². The van der Waals surface area contributed by atoms with Gasteiger partial charge in [0.25, 0.3) is 0 Å². The molecule has 0 aliphatic carbocycles. The number of ether oxygens (including phenoxy) is 2. The highest BCUT2D eigenvalue weighted by Crippen LogP contribution is 2.20. The number of nitrogens with zero attached hydrogens (tertiary/aromatic N) is 3. The van der Waals surface area contributed by atoms with Crippen LogP contribution in [0.25, 0.3) is 0 Å². The van der Waals surface area contributed by atoms with E-state index in [2.05, 4.69) is 39.8 Å². The summed E-state index contributed by atoms with van der Waals surface area (Å²) < 4.78 is 11.3. The Morgan fingerprint density at radius 3 is 2.21 bits per heavy atom. The fourth-order valence-electron chi connectivity index (χ4n) is 4.16. The number of amides is 4. The molecule has 4 unspecified atom stereocenters. The molecule has 43 heavy (non-hydrogen) atoms. The zero-order chi connectivity index (χ0) is 31.9. The number of hydrogen-bond acceptors (Lipinski definition) is 9. The number of aromatic nitrogens is 2. The van der Waals surface area contributed by atoms with Crippen molar-refractivity contribution in [2.75, 3.05) is 13.7 Å². The highest BCUT2D eigenvalue weighted by atomic mass is 32.1. The summed E-state index contributed by atoms with van der Waals surface area (Å²) in [5.41, 5.74) is 2.51. The molecule has 13 heteroatoms. The van der Waals surface area contributed by atoms with Gasteiger partial charge in [-0.05, 0) is 38.5 Å². The molecule has 0 spiro atoms. The molecule has 11 nitrogen and oxygen atoms in total. The number of nitrogens with one attached hydrogen (secondary N) is 3. The number of carbonyl (C=O) groups excluding carboxylic acids is 3. The van der Waals surface area contributed by atoms with Gasteiger partial charge in [0.2, 0.25) is 5.91 Å². The van der Waals surface area contributed by atoms with Crippen molar-refractivity contribution >= 4 is 40.7 Å². The third-order valence-electron chi connectivity index (χ3n) is 6.88. The van der Waals surface area contributed by atoms with Gasteiger partial charge >= 0.3 is 12.1 Å². The molecule has 4 atom stereocenters. The van der Waals surface area contributed by atoms with Crippen molar-refractivity contribution in [3.8, 4) is 0 Å². The van der Waals surface area contributed by atoms with Gasteiger partial charge in [-0.2, -0.15) is 0 Å². The summed E-state index contributed by atoms with van der Waals surface area (Å²) in [5, 5.41) is 11.9. The van der Waals surface area contributed by atoms with Crippen molar-refractivity contribution in [3.05, 3.63) is 32.7 Å². The predicted octanol–water partition coefficient (Wildman–Crippen LogP) is 5.67. The first-order valence-corrected chi connectivity index (χ1v) is 16.9. The average Bonchev–Trinajstić information content (AvgIpc) is 3.67. The minimum atomic E-state index is -0.883. The molecule has 2 heterocycles. The van der Waals surface area contributed by atoms with E-state index >= 15 is 0 Å². The Balaban J connectivity index is 1.97. The zero-order valence-corrected chi connectivity index (χ0v) is 28.5. The number of hydrogen-bond donors (Lipinski definition) is 3.